The second-order valence-electron chi connectivity index (χ2n) is 9.53. The second-order valence-corrected chi connectivity index (χ2v) is 9.53. The summed E-state index contributed by atoms with van der Waals surface area (Å²) in [5.74, 6) is -2.50. The molecule has 4 atom stereocenters. The van der Waals surface area contributed by atoms with Gasteiger partial charge in [-0.1, -0.05) is 18.0 Å². The molecule has 2 aromatic rings. The molecule has 2 aliphatic rings. The molecule has 8 nitrogen and oxygen atoms in total. The Morgan fingerprint density at radius 2 is 1.94 bits per heavy atom. The van der Waals surface area contributed by atoms with E-state index in [0.29, 0.717) is 13.0 Å². The summed E-state index contributed by atoms with van der Waals surface area (Å²) in [7, 11) is 5.15. The third-order valence-electron chi connectivity index (χ3n) is 7.10. The van der Waals surface area contributed by atoms with Crippen LogP contribution in [0.3, 0.4) is 0 Å². The summed E-state index contributed by atoms with van der Waals surface area (Å²) in [6.45, 7) is 1.26. The zero-order valence-electron chi connectivity index (χ0n) is 20.3. The summed E-state index contributed by atoms with van der Waals surface area (Å²) in [6, 6.07) is 4.25. The van der Waals surface area contributed by atoms with Crippen molar-refractivity contribution in [2.75, 3.05) is 34.3 Å². The van der Waals surface area contributed by atoms with E-state index in [4.69, 9.17) is 9.26 Å². The number of hydrogen-bond acceptors (Lipinski definition) is 6. The lowest BCUT2D eigenvalue weighted by Gasteiger charge is -2.45. The summed E-state index contributed by atoms with van der Waals surface area (Å²) in [5, 5.41) is 6.70. The molecule has 0 spiro atoms. The Hall–Kier alpha value is -2.85. The van der Waals surface area contributed by atoms with Crippen LogP contribution in [0.15, 0.2) is 28.8 Å². The van der Waals surface area contributed by atoms with Gasteiger partial charge < -0.3 is 19.5 Å². The van der Waals surface area contributed by atoms with E-state index in [1.54, 1.807) is 26.1 Å². The Morgan fingerprint density at radius 1 is 1.17 bits per heavy atom. The largest absolute Gasteiger partial charge is 0.380 e. The molecule has 35 heavy (non-hydrogen) atoms. The summed E-state index contributed by atoms with van der Waals surface area (Å²) in [4.78, 5) is 29.9. The van der Waals surface area contributed by atoms with E-state index in [9.17, 15) is 18.4 Å². The lowest BCUT2D eigenvalue weighted by atomic mass is 9.85. The van der Waals surface area contributed by atoms with Gasteiger partial charge in [0.25, 0.3) is 5.91 Å². The lowest BCUT2D eigenvalue weighted by Crippen LogP contribution is -2.59. The minimum absolute atomic E-state index is 0.00657. The lowest BCUT2D eigenvalue weighted by molar-refractivity contribution is -0.137. The van der Waals surface area contributed by atoms with Crippen molar-refractivity contribution in [1.29, 1.82) is 0 Å². The van der Waals surface area contributed by atoms with Gasteiger partial charge in [-0.05, 0) is 31.4 Å². The molecule has 4 rings (SSSR count). The molecule has 1 N–H and O–H groups in total. The SMILES string of the molecule is COC1CCCCC1N1CC[C@@H](NC(=O)c2cc(-c3ccc(F)cc3F)on2)[C@H](C(=O)N(C)C)C1. The van der Waals surface area contributed by atoms with Gasteiger partial charge in [-0.3, -0.25) is 14.5 Å². The Kier molecular flexibility index (Phi) is 7.81. The molecule has 1 saturated carbocycles. The number of ether oxygens (including phenoxy) is 1. The molecule has 0 bridgehead atoms. The smallest absolute Gasteiger partial charge is 0.273 e. The zero-order chi connectivity index (χ0) is 25.1. The molecule has 190 valence electrons. The highest BCUT2D eigenvalue weighted by molar-refractivity contribution is 5.94. The van der Waals surface area contributed by atoms with Crippen LogP contribution in [-0.2, 0) is 9.53 Å². The number of halogens is 2. The van der Waals surface area contributed by atoms with Crippen LogP contribution < -0.4 is 5.32 Å². The summed E-state index contributed by atoms with van der Waals surface area (Å²) in [6.07, 6.45) is 5.05. The van der Waals surface area contributed by atoms with E-state index in [2.05, 4.69) is 15.4 Å². The molecule has 1 aromatic carbocycles. The number of carbonyl (C=O) groups excluding carboxylic acids is 2. The molecular formula is C25H32F2N4O4. The van der Waals surface area contributed by atoms with Crippen molar-refractivity contribution < 1.29 is 27.6 Å². The molecule has 2 unspecified atom stereocenters. The zero-order valence-corrected chi connectivity index (χ0v) is 20.3. The van der Waals surface area contributed by atoms with E-state index >= 15 is 0 Å². The van der Waals surface area contributed by atoms with Crippen LogP contribution in [0.1, 0.15) is 42.6 Å². The molecular weight excluding hydrogens is 458 g/mol. The van der Waals surface area contributed by atoms with E-state index < -0.39 is 23.5 Å². The molecule has 10 heteroatoms. The Labute approximate surface area is 203 Å². The maximum absolute atomic E-state index is 14.1. The van der Waals surface area contributed by atoms with Crippen molar-refractivity contribution in [3.8, 4) is 11.3 Å². The van der Waals surface area contributed by atoms with Crippen LogP contribution in [0.4, 0.5) is 8.78 Å². The monoisotopic (exact) mass is 490 g/mol. The number of aromatic nitrogens is 1. The standard InChI is InChI=1S/C25H32F2N4O4/c1-30(2)25(33)17-14-31(21-6-4-5-7-22(21)34-3)11-10-19(17)28-24(32)20-13-23(35-29-20)16-9-8-15(26)12-18(16)27/h8-9,12-13,17,19,21-22H,4-7,10-11,14H2,1-3H3,(H,28,32)/t17-,19-,21?,22?/m1/s1. The predicted octanol–water partition coefficient (Wildman–Crippen LogP) is 3.09. The van der Waals surface area contributed by atoms with Crippen LogP contribution in [-0.4, -0.2) is 79.3 Å². The number of benzene rings is 1. The number of likely N-dealkylation sites (tertiary alicyclic amines) is 1. The third-order valence-corrected chi connectivity index (χ3v) is 7.10. The number of hydrogen-bond donors (Lipinski definition) is 1. The predicted molar refractivity (Wildman–Crippen MR) is 125 cm³/mol. The van der Waals surface area contributed by atoms with Crippen molar-refractivity contribution in [3.63, 3.8) is 0 Å². The van der Waals surface area contributed by atoms with Crippen molar-refractivity contribution in [1.82, 2.24) is 20.3 Å². The fourth-order valence-electron chi connectivity index (χ4n) is 5.24. The van der Waals surface area contributed by atoms with Gasteiger partial charge in [0.1, 0.15) is 11.6 Å². The maximum Gasteiger partial charge on any atom is 0.273 e. The van der Waals surface area contributed by atoms with Crippen LogP contribution in [0.2, 0.25) is 0 Å². The van der Waals surface area contributed by atoms with Crippen molar-refractivity contribution >= 4 is 11.8 Å². The first-order valence-corrected chi connectivity index (χ1v) is 12.0. The molecule has 2 amide bonds. The summed E-state index contributed by atoms with van der Waals surface area (Å²) < 4.78 is 38.2. The fourth-order valence-corrected chi connectivity index (χ4v) is 5.24. The summed E-state index contributed by atoms with van der Waals surface area (Å²) >= 11 is 0. The third kappa shape index (κ3) is 5.54. The first kappa shape index (κ1) is 25.2. The normalized spacial score (nSPS) is 25.3. The van der Waals surface area contributed by atoms with Crippen molar-refractivity contribution in [2.24, 2.45) is 5.92 Å². The summed E-state index contributed by atoms with van der Waals surface area (Å²) in [5.41, 5.74) is -0.0268. The second kappa shape index (κ2) is 10.8. The van der Waals surface area contributed by atoms with Crippen LogP contribution >= 0.6 is 0 Å². The fraction of sp³-hybridized carbons (Fsp3) is 0.560. The minimum Gasteiger partial charge on any atom is -0.380 e. The highest BCUT2D eigenvalue weighted by Gasteiger charge is 2.41. The van der Waals surface area contributed by atoms with Gasteiger partial charge in [0.2, 0.25) is 5.91 Å². The average molecular weight is 491 g/mol. The highest BCUT2D eigenvalue weighted by Crippen LogP contribution is 2.30. The number of nitrogens with one attached hydrogen (secondary N) is 1. The number of rotatable bonds is 6. The van der Waals surface area contributed by atoms with Gasteiger partial charge in [0.05, 0.1) is 17.6 Å². The molecule has 2 heterocycles. The van der Waals surface area contributed by atoms with Gasteiger partial charge in [-0.2, -0.15) is 0 Å². The van der Waals surface area contributed by atoms with Crippen LogP contribution in [0.25, 0.3) is 11.3 Å². The van der Waals surface area contributed by atoms with Crippen LogP contribution in [0, 0.1) is 17.6 Å². The molecule has 2 fully saturated rings. The minimum atomic E-state index is -0.811. The average Bonchev–Trinajstić information content (AvgIpc) is 3.34. The molecule has 1 aromatic heterocycles. The van der Waals surface area contributed by atoms with Gasteiger partial charge in [-0.15, -0.1) is 0 Å². The van der Waals surface area contributed by atoms with Crippen molar-refractivity contribution in [3.05, 3.63) is 41.6 Å². The number of nitrogens with zero attached hydrogens (tertiary/aromatic N) is 3. The van der Waals surface area contributed by atoms with E-state index in [1.807, 2.05) is 0 Å². The Balaban J connectivity index is 1.48. The molecule has 0 radical (unpaired) electrons. The first-order valence-electron chi connectivity index (χ1n) is 12.0. The van der Waals surface area contributed by atoms with Crippen molar-refractivity contribution in [2.45, 2.75) is 50.3 Å². The molecule has 1 aliphatic heterocycles. The van der Waals surface area contributed by atoms with E-state index in [0.717, 1.165) is 44.4 Å². The van der Waals surface area contributed by atoms with Gasteiger partial charge in [0, 0.05) is 58.5 Å². The molecule has 1 saturated heterocycles. The van der Waals surface area contributed by atoms with E-state index in [1.165, 1.54) is 12.1 Å². The first-order chi connectivity index (χ1) is 16.8. The number of methoxy groups -OCH3 is 1. The van der Waals surface area contributed by atoms with E-state index in [-0.39, 0.29) is 41.1 Å². The maximum atomic E-state index is 14.1. The van der Waals surface area contributed by atoms with Gasteiger partial charge in [0.15, 0.2) is 11.5 Å². The van der Waals surface area contributed by atoms with Gasteiger partial charge >= 0.3 is 0 Å². The number of carbonyl (C=O) groups is 2. The quantitative estimate of drug-likeness (QED) is 0.670. The Morgan fingerprint density at radius 3 is 2.66 bits per heavy atom. The molecule has 1 aliphatic carbocycles. The topological polar surface area (TPSA) is 87.9 Å². The number of amides is 2. The van der Waals surface area contributed by atoms with Crippen LogP contribution in [0.5, 0.6) is 0 Å². The Bertz CT molecular complexity index is 1060. The number of piperidine rings is 1. The van der Waals surface area contributed by atoms with Gasteiger partial charge in [-0.25, -0.2) is 8.78 Å². The highest BCUT2D eigenvalue weighted by atomic mass is 19.1.